The molecule has 0 saturated carbocycles. The highest BCUT2D eigenvalue weighted by Crippen LogP contribution is 2.27. The van der Waals surface area contributed by atoms with Gasteiger partial charge in [0.05, 0.1) is 11.4 Å². The van der Waals surface area contributed by atoms with E-state index in [4.69, 9.17) is 0 Å². The second kappa shape index (κ2) is 7.96. The van der Waals surface area contributed by atoms with Crippen LogP contribution in [0.15, 0.2) is 63.3 Å². The lowest BCUT2D eigenvalue weighted by Crippen LogP contribution is -2.13. The molecule has 0 saturated heterocycles. The Hall–Kier alpha value is -1.63. The maximum atomic E-state index is 12.1. The number of aryl methyl sites for hydroxylation is 1. The fourth-order valence-corrected chi connectivity index (χ4v) is 3.88. The van der Waals surface area contributed by atoms with E-state index in [-0.39, 0.29) is 5.91 Å². The predicted molar refractivity (Wildman–Crippen MR) is 106 cm³/mol. The van der Waals surface area contributed by atoms with Gasteiger partial charge < -0.3 is 5.32 Å². The number of hydrogen-bond acceptors (Lipinski definition) is 4. The normalized spacial score (nSPS) is 10.6. The third-order valence-corrected chi connectivity index (χ3v) is 5.52. The molecule has 1 heterocycles. The Morgan fingerprint density at radius 2 is 2.04 bits per heavy atom. The van der Waals surface area contributed by atoms with Crippen molar-refractivity contribution in [1.82, 2.24) is 4.98 Å². The second-order valence-electron chi connectivity index (χ2n) is 5.20. The van der Waals surface area contributed by atoms with Gasteiger partial charge in [0, 0.05) is 20.3 Å². The number of aromatic nitrogens is 1. The summed E-state index contributed by atoms with van der Waals surface area (Å²) < 4.78 is 1.01. The highest BCUT2D eigenvalue weighted by atomic mass is 79.9. The minimum Gasteiger partial charge on any atom is -0.301 e. The van der Waals surface area contributed by atoms with Gasteiger partial charge in [0.1, 0.15) is 0 Å². The Bertz CT molecular complexity index is 846. The summed E-state index contributed by atoms with van der Waals surface area (Å²) in [5.74, 6) is 0.324. The Balaban J connectivity index is 1.58. The third-order valence-electron chi connectivity index (χ3n) is 3.26. The van der Waals surface area contributed by atoms with Gasteiger partial charge in [-0.1, -0.05) is 45.8 Å². The summed E-state index contributed by atoms with van der Waals surface area (Å²) >= 11 is 6.41. The number of carbonyl (C=O) groups is 1. The Labute approximate surface area is 157 Å². The third kappa shape index (κ3) is 4.69. The number of anilines is 1. The summed E-state index contributed by atoms with van der Waals surface area (Å²) in [5, 5.41) is 5.44. The molecule has 2 aromatic carbocycles. The summed E-state index contributed by atoms with van der Waals surface area (Å²) in [6.45, 7) is 2.05. The van der Waals surface area contributed by atoms with E-state index in [1.54, 1.807) is 0 Å². The van der Waals surface area contributed by atoms with Crippen LogP contribution < -0.4 is 5.32 Å². The van der Waals surface area contributed by atoms with Crippen molar-refractivity contribution in [1.29, 1.82) is 0 Å². The summed E-state index contributed by atoms with van der Waals surface area (Å²) in [5.41, 5.74) is 3.10. The van der Waals surface area contributed by atoms with Crippen molar-refractivity contribution >= 4 is 50.1 Å². The molecular weight excluding hydrogens is 404 g/mol. The SMILES string of the molecule is Cc1ccc(SCC(=O)Nc2nc(-c3cccc(Br)c3)cs2)cc1. The molecule has 3 aromatic rings. The van der Waals surface area contributed by atoms with Crippen LogP contribution in [0.2, 0.25) is 0 Å². The smallest absolute Gasteiger partial charge is 0.236 e. The first-order chi connectivity index (χ1) is 11.6. The summed E-state index contributed by atoms with van der Waals surface area (Å²) in [7, 11) is 0. The summed E-state index contributed by atoms with van der Waals surface area (Å²) in [6, 6.07) is 16.1. The molecule has 0 unspecified atom stereocenters. The Morgan fingerprint density at radius 1 is 1.25 bits per heavy atom. The number of amides is 1. The molecule has 0 atom stereocenters. The first kappa shape index (κ1) is 17.2. The molecule has 3 nitrogen and oxygen atoms in total. The van der Waals surface area contributed by atoms with E-state index in [1.165, 1.54) is 28.7 Å². The number of nitrogens with one attached hydrogen (secondary N) is 1. The molecule has 0 spiro atoms. The molecule has 0 radical (unpaired) electrons. The molecule has 1 N–H and O–H groups in total. The molecule has 1 aromatic heterocycles. The molecule has 122 valence electrons. The Morgan fingerprint density at radius 3 is 2.79 bits per heavy atom. The van der Waals surface area contributed by atoms with Gasteiger partial charge in [0.2, 0.25) is 5.91 Å². The molecule has 0 aliphatic heterocycles. The predicted octanol–water partition coefficient (Wildman–Crippen LogP) is 5.61. The minimum absolute atomic E-state index is 0.0456. The molecular formula is C18H15BrN2OS2. The molecule has 6 heteroatoms. The van der Waals surface area contributed by atoms with Gasteiger partial charge in [-0.15, -0.1) is 23.1 Å². The van der Waals surface area contributed by atoms with Crippen LogP contribution in [0, 0.1) is 6.92 Å². The molecule has 0 bridgehead atoms. The van der Waals surface area contributed by atoms with E-state index in [9.17, 15) is 4.79 Å². The van der Waals surface area contributed by atoms with E-state index >= 15 is 0 Å². The van der Waals surface area contributed by atoms with Gasteiger partial charge >= 0.3 is 0 Å². The van der Waals surface area contributed by atoms with E-state index < -0.39 is 0 Å². The van der Waals surface area contributed by atoms with Crippen molar-refractivity contribution in [3.8, 4) is 11.3 Å². The van der Waals surface area contributed by atoms with E-state index in [0.29, 0.717) is 10.9 Å². The maximum Gasteiger partial charge on any atom is 0.236 e. The van der Waals surface area contributed by atoms with Crippen LogP contribution in [0.4, 0.5) is 5.13 Å². The topological polar surface area (TPSA) is 42.0 Å². The van der Waals surface area contributed by atoms with Crippen LogP contribution in [0.25, 0.3) is 11.3 Å². The van der Waals surface area contributed by atoms with Crippen LogP contribution in [0.5, 0.6) is 0 Å². The zero-order chi connectivity index (χ0) is 16.9. The van der Waals surface area contributed by atoms with Crippen LogP contribution in [-0.2, 0) is 4.79 Å². The molecule has 3 rings (SSSR count). The minimum atomic E-state index is -0.0456. The number of nitrogens with zero attached hydrogens (tertiary/aromatic N) is 1. The summed E-state index contributed by atoms with van der Waals surface area (Å²) in [4.78, 5) is 17.7. The number of hydrogen-bond donors (Lipinski definition) is 1. The van der Waals surface area contributed by atoms with Crippen LogP contribution in [0.1, 0.15) is 5.56 Å². The number of rotatable bonds is 5. The number of thioether (sulfide) groups is 1. The second-order valence-corrected chi connectivity index (χ2v) is 8.02. The zero-order valence-electron chi connectivity index (χ0n) is 13.0. The van der Waals surface area contributed by atoms with Gasteiger partial charge in [-0.25, -0.2) is 4.98 Å². The molecule has 24 heavy (non-hydrogen) atoms. The Kier molecular flexibility index (Phi) is 5.71. The van der Waals surface area contributed by atoms with Crippen LogP contribution >= 0.6 is 39.0 Å². The van der Waals surface area contributed by atoms with Crippen molar-refractivity contribution in [2.75, 3.05) is 11.1 Å². The van der Waals surface area contributed by atoms with Crippen LogP contribution in [0.3, 0.4) is 0 Å². The number of thiazole rings is 1. The van der Waals surface area contributed by atoms with E-state index in [0.717, 1.165) is 20.6 Å². The fraction of sp³-hybridized carbons (Fsp3) is 0.111. The van der Waals surface area contributed by atoms with E-state index in [2.05, 4.69) is 26.2 Å². The lowest BCUT2D eigenvalue weighted by Gasteiger charge is -2.03. The average molecular weight is 419 g/mol. The summed E-state index contributed by atoms with van der Waals surface area (Å²) in [6.07, 6.45) is 0. The first-order valence-corrected chi connectivity index (χ1v) is 9.97. The van der Waals surface area contributed by atoms with Gasteiger partial charge in [0.15, 0.2) is 5.13 Å². The lowest BCUT2D eigenvalue weighted by molar-refractivity contribution is -0.113. The molecule has 0 fully saturated rings. The quantitative estimate of drug-likeness (QED) is 0.547. The van der Waals surface area contributed by atoms with Gasteiger partial charge in [-0.3, -0.25) is 4.79 Å². The zero-order valence-corrected chi connectivity index (χ0v) is 16.2. The monoisotopic (exact) mass is 418 g/mol. The van der Waals surface area contributed by atoms with Crippen molar-refractivity contribution < 1.29 is 4.79 Å². The van der Waals surface area contributed by atoms with Crippen LogP contribution in [-0.4, -0.2) is 16.6 Å². The molecule has 0 aliphatic rings. The highest BCUT2D eigenvalue weighted by Gasteiger charge is 2.09. The average Bonchev–Trinajstić information content (AvgIpc) is 3.03. The van der Waals surface area contributed by atoms with E-state index in [1.807, 2.05) is 60.8 Å². The number of halogens is 1. The standard InChI is InChI=1S/C18H15BrN2OS2/c1-12-5-7-15(8-6-12)23-11-17(22)21-18-20-16(10-24-18)13-3-2-4-14(19)9-13/h2-10H,11H2,1H3,(H,20,21,22). The lowest BCUT2D eigenvalue weighted by atomic mass is 10.2. The van der Waals surface area contributed by atoms with Crippen molar-refractivity contribution in [2.45, 2.75) is 11.8 Å². The largest absolute Gasteiger partial charge is 0.301 e. The van der Waals surface area contributed by atoms with Gasteiger partial charge in [0.25, 0.3) is 0 Å². The van der Waals surface area contributed by atoms with Crippen molar-refractivity contribution in [3.05, 3.63) is 63.9 Å². The first-order valence-electron chi connectivity index (χ1n) is 7.31. The molecule has 1 amide bonds. The van der Waals surface area contributed by atoms with Crippen molar-refractivity contribution in [2.24, 2.45) is 0 Å². The van der Waals surface area contributed by atoms with Gasteiger partial charge in [-0.2, -0.15) is 0 Å². The number of benzene rings is 2. The fourth-order valence-electron chi connectivity index (χ4n) is 2.05. The number of carbonyl (C=O) groups excluding carboxylic acids is 1. The highest BCUT2D eigenvalue weighted by molar-refractivity contribution is 9.10. The maximum absolute atomic E-state index is 12.1. The van der Waals surface area contributed by atoms with Crippen molar-refractivity contribution in [3.63, 3.8) is 0 Å². The molecule has 0 aliphatic carbocycles. The van der Waals surface area contributed by atoms with Gasteiger partial charge in [-0.05, 0) is 31.2 Å².